The molecule has 0 atom stereocenters. The minimum atomic E-state index is -0.0909. The van der Waals surface area contributed by atoms with Crippen LogP contribution in [0.1, 0.15) is 16.8 Å². The van der Waals surface area contributed by atoms with Gasteiger partial charge in [0.2, 0.25) is 5.91 Å². The molecule has 2 aromatic rings. The van der Waals surface area contributed by atoms with Crippen molar-refractivity contribution in [3.05, 3.63) is 36.0 Å². The Labute approximate surface area is 110 Å². The quantitative estimate of drug-likeness (QED) is 0.804. The van der Waals surface area contributed by atoms with Gasteiger partial charge in [0, 0.05) is 30.4 Å². The van der Waals surface area contributed by atoms with Crippen molar-refractivity contribution in [2.24, 2.45) is 0 Å². The van der Waals surface area contributed by atoms with Gasteiger partial charge < -0.3 is 15.2 Å². The van der Waals surface area contributed by atoms with Gasteiger partial charge in [-0.05, 0) is 30.0 Å². The first-order valence-corrected chi connectivity index (χ1v) is 6.37. The molecule has 1 aliphatic heterocycles. The number of carbonyl (C=O) groups is 2. The Balaban J connectivity index is 1.87. The minimum Gasteiger partial charge on any atom is -0.361 e. The van der Waals surface area contributed by atoms with Crippen LogP contribution in [0, 0.1) is 0 Å². The summed E-state index contributed by atoms with van der Waals surface area (Å²) in [5.41, 5.74) is 1.55. The fourth-order valence-corrected chi connectivity index (χ4v) is 2.34. The molecule has 0 spiro atoms. The van der Waals surface area contributed by atoms with E-state index in [9.17, 15) is 9.59 Å². The van der Waals surface area contributed by atoms with Gasteiger partial charge in [-0.15, -0.1) is 0 Å². The minimum absolute atomic E-state index is 0.0893. The summed E-state index contributed by atoms with van der Waals surface area (Å²) in [5, 5.41) is 3.84. The number of hydrogen-bond acceptors (Lipinski definition) is 2. The SMILES string of the molecule is O=C1CN(C(=O)c2ccc3cc[nH]c3c2)CCCN1. The monoisotopic (exact) mass is 257 g/mol. The van der Waals surface area contributed by atoms with Crippen LogP contribution >= 0.6 is 0 Å². The van der Waals surface area contributed by atoms with Gasteiger partial charge in [-0.3, -0.25) is 9.59 Å². The summed E-state index contributed by atoms with van der Waals surface area (Å²) in [6, 6.07) is 7.52. The molecule has 1 aliphatic rings. The van der Waals surface area contributed by atoms with Crippen molar-refractivity contribution >= 4 is 22.7 Å². The molecule has 19 heavy (non-hydrogen) atoms. The fraction of sp³-hybridized carbons (Fsp3) is 0.286. The number of H-pyrrole nitrogens is 1. The zero-order valence-corrected chi connectivity index (χ0v) is 10.5. The van der Waals surface area contributed by atoms with Gasteiger partial charge in [0.15, 0.2) is 0 Å². The summed E-state index contributed by atoms with van der Waals surface area (Å²) in [6.07, 6.45) is 2.64. The second-order valence-corrected chi connectivity index (χ2v) is 4.71. The Morgan fingerprint density at radius 1 is 1.26 bits per heavy atom. The molecule has 5 nitrogen and oxygen atoms in total. The molecule has 0 aliphatic carbocycles. The number of aromatic amines is 1. The molecule has 0 unspecified atom stereocenters. The molecule has 0 saturated carbocycles. The lowest BCUT2D eigenvalue weighted by Crippen LogP contribution is -2.37. The van der Waals surface area contributed by atoms with Gasteiger partial charge in [0.05, 0.1) is 6.54 Å². The van der Waals surface area contributed by atoms with E-state index in [0.29, 0.717) is 18.7 Å². The van der Waals surface area contributed by atoms with Crippen LogP contribution in [0.3, 0.4) is 0 Å². The lowest BCUT2D eigenvalue weighted by atomic mass is 10.1. The van der Waals surface area contributed by atoms with E-state index >= 15 is 0 Å². The average molecular weight is 257 g/mol. The molecule has 0 radical (unpaired) electrons. The van der Waals surface area contributed by atoms with Crippen LogP contribution in [0.15, 0.2) is 30.5 Å². The summed E-state index contributed by atoms with van der Waals surface area (Å²) >= 11 is 0. The molecular weight excluding hydrogens is 242 g/mol. The number of nitrogens with one attached hydrogen (secondary N) is 2. The van der Waals surface area contributed by atoms with E-state index in [1.54, 1.807) is 11.0 Å². The lowest BCUT2D eigenvalue weighted by Gasteiger charge is -2.18. The number of hydrogen-bond donors (Lipinski definition) is 2. The van der Waals surface area contributed by atoms with Crippen LogP contribution in [-0.4, -0.2) is 41.3 Å². The number of fused-ring (bicyclic) bond motifs is 1. The molecule has 1 saturated heterocycles. The van der Waals surface area contributed by atoms with Gasteiger partial charge in [-0.25, -0.2) is 0 Å². The topological polar surface area (TPSA) is 65.2 Å². The van der Waals surface area contributed by atoms with Gasteiger partial charge in [0.1, 0.15) is 0 Å². The van der Waals surface area contributed by atoms with E-state index in [1.165, 1.54) is 0 Å². The highest BCUT2D eigenvalue weighted by Gasteiger charge is 2.21. The average Bonchev–Trinajstić information content (AvgIpc) is 2.78. The molecule has 3 rings (SSSR count). The van der Waals surface area contributed by atoms with E-state index in [2.05, 4.69) is 10.3 Å². The normalized spacial score (nSPS) is 16.2. The zero-order chi connectivity index (χ0) is 13.2. The molecule has 1 aromatic heterocycles. The largest absolute Gasteiger partial charge is 0.361 e. The Bertz CT molecular complexity index is 632. The van der Waals surface area contributed by atoms with Crippen molar-refractivity contribution in [1.29, 1.82) is 0 Å². The van der Waals surface area contributed by atoms with Crippen molar-refractivity contribution in [3.8, 4) is 0 Å². The van der Waals surface area contributed by atoms with Crippen LogP contribution in [-0.2, 0) is 4.79 Å². The highest BCUT2D eigenvalue weighted by Crippen LogP contribution is 2.16. The molecule has 5 heteroatoms. The molecular formula is C14H15N3O2. The maximum atomic E-state index is 12.4. The first-order valence-electron chi connectivity index (χ1n) is 6.37. The maximum absolute atomic E-state index is 12.4. The predicted octanol–water partition coefficient (Wildman–Crippen LogP) is 1.13. The Morgan fingerprint density at radius 2 is 2.16 bits per heavy atom. The summed E-state index contributed by atoms with van der Waals surface area (Å²) in [4.78, 5) is 28.6. The molecule has 2 heterocycles. The number of rotatable bonds is 1. The fourth-order valence-electron chi connectivity index (χ4n) is 2.34. The highest BCUT2D eigenvalue weighted by atomic mass is 16.2. The van der Waals surface area contributed by atoms with E-state index in [0.717, 1.165) is 17.3 Å². The van der Waals surface area contributed by atoms with Crippen molar-refractivity contribution in [2.75, 3.05) is 19.6 Å². The third kappa shape index (κ3) is 2.31. The first-order chi connectivity index (χ1) is 9.24. The Morgan fingerprint density at radius 3 is 3.05 bits per heavy atom. The van der Waals surface area contributed by atoms with Crippen LogP contribution in [0.25, 0.3) is 10.9 Å². The zero-order valence-electron chi connectivity index (χ0n) is 10.5. The van der Waals surface area contributed by atoms with Gasteiger partial charge in [-0.1, -0.05) is 6.07 Å². The summed E-state index contributed by atoms with van der Waals surface area (Å²) in [6.45, 7) is 1.39. The standard InChI is InChI=1S/C14H15N3O2/c18-13-9-17(7-1-5-16-13)14(19)11-3-2-10-4-6-15-12(10)8-11/h2-4,6,8,15H,1,5,7,9H2,(H,16,18). The van der Waals surface area contributed by atoms with Crippen LogP contribution in [0.5, 0.6) is 0 Å². The van der Waals surface area contributed by atoms with Gasteiger partial charge >= 0.3 is 0 Å². The number of amides is 2. The van der Waals surface area contributed by atoms with Crippen molar-refractivity contribution in [1.82, 2.24) is 15.2 Å². The molecule has 1 fully saturated rings. The third-order valence-electron chi connectivity index (χ3n) is 3.35. The summed E-state index contributed by atoms with van der Waals surface area (Å²) in [5.74, 6) is -0.180. The smallest absolute Gasteiger partial charge is 0.254 e. The number of aromatic nitrogens is 1. The van der Waals surface area contributed by atoms with E-state index in [-0.39, 0.29) is 18.4 Å². The lowest BCUT2D eigenvalue weighted by molar-refractivity contribution is -0.121. The number of nitrogens with zero attached hydrogens (tertiary/aromatic N) is 1. The second kappa shape index (κ2) is 4.76. The summed E-state index contributed by atoms with van der Waals surface area (Å²) in [7, 11) is 0. The van der Waals surface area contributed by atoms with Crippen molar-refractivity contribution in [2.45, 2.75) is 6.42 Å². The number of benzene rings is 1. The number of carbonyl (C=O) groups excluding carboxylic acids is 2. The summed E-state index contributed by atoms with van der Waals surface area (Å²) < 4.78 is 0. The first kappa shape index (κ1) is 11.8. The van der Waals surface area contributed by atoms with Gasteiger partial charge in [-0.2, -0.15) is 0 Å². The molecule has 2 N–H and O–H groups in total. The van der Waals surface area contributed by atoms with Crippen molar-refractivity contribution in [3.63, 3.8) is 0 Å². The Kier molecular flexibility index (Phi) is 2.95. The molecule has 98 valence electrons. The van der Waals surface area contributed by atoms with E-state index in [1.807, 2.05) is 24.4 Å². The Hall–Kier alpha value is -2.30. The van der Waals surface area contributed by atoms with E-state index < -0.39 is 0 Å². The van der Waals surface area contributed by atoms with Crippen molar-refractivity contribution < 1.29 is 9.59 Å². The predicted molar refractivity (Wildman–Crippen MR) is 71.8 cm³/mol. The van der Waals surface area contributed by atoms with Crippen LogP contribution < -0.4 is 5.32 Å². The second-order valence-electron chi connectivity index (χ2n) is 4.71. The van der Waals surface area contributed by atoms with Crippen LogP contribution in [0.2, 0.25) is 0 Å². The van der Waals surface area contributed by atoms with Gasteiger partial charge in [0.25, 0.3) is 5.91 Å². The maximum Gasteiger partial charge on any atom is 0.254 e. The molecule has 1 aromatic carbocycles. The van der Waals surface area contributed by atoms with E-state index in [4.69, 9.17) is 0 Å². The highest BCUT2D eigenvalue weighted by molar-refractivity contribution is 5.99. The molecule has 2 amide bonds. The molecule has 0 bridgehead atoms. The van der Waals surface area contributed by atoms with Crippen LogP contribution in [0.4, 0.5) is 0 Å². The third-order valence-corrected chi connectivity index (χ3v) is 3.35.